The van der Waals surface area contributed by atoms with Crippen LogP contribution in [0.4, 0.5) is 0 Å². The first kappa shape index (κ1) is 24.3. The number of nitrogens with zero attached hydrogens (tertiary/aromatic N) is 3. The second-order valence-corrected chi connectivity index (χ2v) is 9.04. The van der Waals surface area contributed by atoms with Crippen molar-refractivity contribution in [2.24, 2.45) is 4.99 Å². The van der Waals surface area contributed by atoms with E-state index < -0.39 is 0 Å². The molecule has 2 aliphatic heterocycles. The number of nitrogens with one attached hydrogen (secondary N) is 2. The predicted molar refractivity (Wildman–Crippen MR) is 137 cm³/mol. The molecule has 1 saturated carbocycles. The molecule has 0 aromatic heterocycles. The van der Waals surface area contributed by atoms with E-state index in [1.54, 1.807) is 0 Å². The maximum absolute atomic E-state index is 12.6. The second-order valence-electron chi connectivity index (χ2n) is 9.04. The third kappa shape index (κ3) is 6.57. The number of piperidine rings is 1. The van der Waals surface area contributed by atoms with Gasteiger partial charge < -0.3 is 15.5 Å². The smallest absolute Gasteiger partial charge is 0.253 e. The number of hydrogen-bond acceptors (Lipinski definition) is 3. The highest BCUT2D eigenvalue weighted by molar-refractivity contribution is 14.0. The molecule has 0 bridgehead atoms. The molecule has 1 unspecified atom stereocenters. The van der Waals surface area contributed by atoms with E-state index in [1.807, 2.05) is 24.1 Å². The van der Waals surface area contributed by atoms with Gasteiger partial charge in [0, 0.05) is 57.4 Å². The quantitative estimate of drug-likeness (QED) is 0.341. The molecule has 172 valence electrons. The third-order valence-corrected chi connectivity index (χ3v) is 6.93. The summed E-state index contributed by atoms with van der Waals surface area (Å²) in [7, 11) is 1.83. The highest BCUT2D eigenvalue weighted by Gasteiger charge is 2.30. The van der Waals surface area contributed by atoms with E-state index >= 15 is 0 Å². The first-order valence-electron chi connectivity index (χ1n) is 11.8. The van der Waals surface area contributed by atoms with Gasteiger partial charge in [-0.25, -0.2) is 0 Å². The van der Waals surface area contributed by atoms with E-state index in [0.717, 1.165) is 55.6 Å². The Morgan fingerprint density at radius 3 is 2.39 bits per heavy atom. The normalized spacial score (nSPS) is 22.9. The first-order chi connectivity index (χ1) is 14.7. The van der Waals surface area contributed by atoms with Crippen molar-refractivity contribution < 1.29 is 4.79 Å². The fourth-order valence-corrected chi connectivity index (χ4v) is 5.12. The Morgan fingerprint density at radius 2 is 1.71 bits per heavy atom. The van der Waals surface area contributed by atoms with Crippen LogP contribution in [0.5, 0.6) is 0 Å². The molecule has 2 heterocycles. The van der Waals surface area contributed by atoms with Crippen molar-refractivity contribution in [1.82, 2.24) is 20.4 Å². The van der Waals surface area contributed by atoms with Crippen LogP contribution in [0.1, 0.15) is 67.3 Å². The van der Waals surface area contributed by atoms with E-state index in [0.29, 0.717) is 12.6 Å². The molecular weight excluding hydrogens is 501 g/mol. The minimum Gasteiger partial charge on any atom is -0.352 e. The first-order valence-corrected chi connectivity index (χ1v) is 11.8. The fourth-order valence-electron chi connectivity index (χ4n) is 5.12. The number of rotatable bonds is 5. The molecule has 1 amide bonds. The number of carbonyl (C=O) groups excluding carboxylic acids is 1. The molecule has 0 radical (unpaired) electrons. The number of benzene rings is 1. The Kier molecular flexibility index (Phi) is 9.44. The standard InChI is InChI=1S/C24H37N5O.HI/c1-25-24(27-21-13-16-29(18-21)22-7-3-4-8-22)26-17-19-9-11-20(12-10-19)23(30)28-14-5-2-6-15-28;/h9-12,21-22H,2-8,13-18H2,1H3,(H2,25,26,27);1H. The lowest BCUT2D eigenvalue weighted by molar-refractivity contribution is 0.0724. The molecule has 31 heavy (non-hydrogen) atoms. The van der Waals surface area contributed by atoms with Gasteiger partial charge in [-0.2, -0.15) is 0 Å². The van der Waals surface area contributed by atoms with Gasteiger partial charge in [0.15, 0.2) is 5.96 Å². The van der Waals surface area contributed by atoms with Crippen molar-refractivity contribution in [3.05, 3.63) is 35.4 Å². The van der Waals surface area contributed by atoms with Crippen LogP contribution in [0.3, 0.4) is 0 Å². The van der Waals surface area contributed by atoms with Crippen molar-refractivity contribution >= 4 is 35.8 Å². The summed E-state index contributed by atoms with van der Waals surface area (Å²) >= 11 is 0. The average molecular weight is 540 g/mol. The van der Waals surface area contributed by atoms with Gasteiger partial charge >= 0.3 is 0 Å². The van der Waals surface area contributed by atoms with Gasteiger partial charge in [-0.3, -0.25) is 14.7 Å². The van der Waals surface area contributed by atoms with Crippen LogP contribution in [0, 0.1) is 0 Å². The van der Waals surface area contributed by atoms with Crippen molar-refractivity contribution in [2.45, 2.75) is 70.0 Å². The van der Waals surface area contributed by atoms with Gasteiger partial charge in [-0.1, -0.05) is 25.0 Å². The number of guanidine groups is 1. The number of amides is 1. The summed E-state index contributed by atoms with van der Waals surface area (Å²) in [5.74, 6) is 1.03. The molecule has 1 atom stereocenters. The number of likely N-dealkylation sites (tertiary alicyclic amines) is 2. The van der Waals surface area contributed by atoms with E-state index in [4.69, 9.17) is 0 Å². The second kappa shape index (κ2) is 12.0. The molecule has 1 aromatic carbocycles. The molecule has 3 fully saturated rings. The summed E-state index contributed by atoms with van der Waals surface area (Å²) in [6.45, 7) is 4.81. The van der Waals surface area contributed by atoms with Crippen molar-refractivity contribution in [1.29, 1.82) is 0 Å². The van der Waals surface area contributed by atoms with Crippen LogP contribution in [0.25, 0.3) is 0 Å². The number of halogens is 1. The van der Waals surface area contributed by atoms with Gasteiger partial charge in [0.2, 0.25) is 0 Å². The topological polar surface area (TPSA) is 60.0 Å². The molecule has 0 spiro atoms. The average Bonchev–Trinajstić information content (AvgIpc) is 3.49. The predicted octanol–water partition coefficient (Wildman–Crippen LogP) is 3.61. The summed E-state index contributed by atoms with van der Waals surface area (Å²) in [5, 5.41) is 7.03. The summed E-state index contributed by atoms with van der Waals surface area (Å²) in [5.41, 5.74) is 1.95. The zero-order chi connectivity index (χ0) is 20.8. The Labute approximate surface area is 204 Å². The van der Waals surface area contributed by atoms with Crippen LogP contribution in [0.2, 0.25) is 0 Å². The van der Waals surface area contributed by atoms with Gasteiger partial charge in [0.05, 0.1) is 0 Å². The molecular formula is C24H38IN5O. The number of hydrogen-bond donors (Lipinski definition) is 2. The largest absolute Gasteiger partial charge is 0.352 e. The summed E-state index contributed by atoms with van der Waals surface area (Å²) in [4.78, 5) is 21.7. The molecule has 3 aliphatic rings. The van der Waals surface area contributed by atoms with E-state index in [-0.39, 0.29) is 29.9 Å². The van der Waals surface area contributed by atoms with E-state index in [9.17, 15) is 4.79 Å². The SMILES string of the molecule is CN=C(NCc1ccc(C(=O)N2CCCCC2)cc1)NC1CCN(C2CCCC2)C1.I. The minimum atomic E-state index is 0. The maximum atomic E-state index is 12.6. The lowest BCUT2D eigenvalue weighted by Crippen LogP contribution is -2.45. The van der Waals surface area contributed by atoms with Crippen LogP contribution in [-0.2, 0) is 6.54 Å². The van der Waals surface area contributed by atoms with Gasteiger partial charge in [0.25, 0.3) is 5.91 Å². The summed E-state index contributed by atoms with van der Waals surface area (Å²) in [6, 6.07) is 9.30. The van der Waals surface area contributed by atoms with Gasteiger partial charge in [-0.15, -0.1) is 24.0 Å². The van der Waals surface area contributed by atoms with Gasteiger partial charge in [-0.05, 0) is 56.2 Å². The molecule has 1 aliphatic carbocycles. The Balaban J connectivity index is 0.00000272. The summed E-state index contributed by atoms with van der Waals surface area (Å²) in [6.07, 6.45) is 10.2. The van der Waals surface area contributed by atoms with Crippen molar-refractivity contribution in [3.8, 4) is 0 Å². The Hall–Kier alpha value is -1.35. The fraction of sp³-hybridized carbons (Fsp3) is 0.667. The van der Waals surface area contributed by atoms with Crippen LogP contribution in [0.15, 0.2) is 29.3 Å². The molecule has 1 aromatic rings. The number of aliphatic imine (C=N–C) groups is 1. The van der Waals surface area contributed by atoms with Crippen LogP contribution in [-0.4, -0.2) is 67.0 Å². The molecule has 2 saturated heterocycles. The molecule has 2 N–H and O–H groups in total. The highest BCUT2D eigenvalue weighted by Crippen LogP contribution is 2.26. The zero-order valence-electron chi connectivity index (χ0n) is 18.8. The lowest BCUT2D eigenvalue weighted by atomic mass is 10.1. The minimum absolute atomic E-state index is 0. The van der Waals surface area contributed by atoms with Gasteiger partial charge in [0.1, 0.15) is 0 Å². The molecule has 4 rings (SSSR count). The van der Waals surface area contributed by atoms with Crippen molar-refractivity contribution in [2.75, 3.05) is 33.2 Å². The summed E-state index contributed by atoms with van der Waals surface area (Å²) < 4.78 is 0. The van der Waals surface area contributed by atoms with Crippen LogP contribution < -0.4 is 10.6 Å². The monoisotopic (exact) mass is 539 g/mol. The zero-order valence-corrected chi connectivity index (χ0v) is 21.1. The van der Waals surface area contributed by atoms with Crippen molar-refractivity contribution in [3.63, 3.8) is 0 Å². The van der Waals surface area contributed by atoms with E-state index in [1.165, 1.54) is 45.1 Å². The Bertz CT molecular complexity index is 726. The molecule has 6 nitrogen and oxygen atoms in total. The Morgan fingerprint density at radius 1 is 1.00 bits per heavy atom. The third-order valence-electron chi connectivity index (χ3n) is 6.93. The number of carbonyl (C=O) groups is 1. The lowest BCUT2D eigenvalue weighted by Gasteiger charge is -2.26. The van der Waals surface area contributed by atoms with Crippen LogP contribution >= 0.6 is 24.0 Å². The maximum Gasteiger partial charge on any atom is 0.253 e. The highest BCUT2D eigenvalue weighted by atomic mass is 127. The molecule has 7 heteroatoms. The van der Waals surface area contributed by atoms with E-state index in [2.05, 4.69) is 32.7 Å².